The molecule has 170 valence electrons. The molecule has 33 heavy (non-hydrogen) atoms. The number of piperazine rings is 1. The molecule has 0 bridgehead atoms. The predicted octanol–water partition coefficient (Wildman–Crippen LogP) is 3.31. The van der Waals surface area contributed by atoms with E-state index in [0.29, 0.717) is 23.0 Å². The third-order valence-electron chi connectivity index (χ3n) is 6.12. The number of fused-ring (bicyclic) bond motifs is 2. The largest absolute Gasteiger partial charge is 0.495 e. The molecule has 9 heteroatoms. The van der Waals surface area contributed by atoms with Gasteiger partial charge in [-0.3, -0.25) is 4.79 Å². The second kappa shape index (κ2) is 8.59. The predicted molar refractivity (Wildman–Crippen MR) is 130 cm³/mol. The molecule has 2 N–H and O–H groups in total. The smallest absolute Gasteiger partial charge is 0.257 e. The lowest BCUT2D eigenvalue weighted by molar-refractivity contribution is 0.102. The van der Waals surface area contributed by atoms with Crippen molar-refractivity contribution in [1.82, 2.24) is 14.9 Å². The number of ether oxygens (including phenoxy) is 1. The van der Waals surface area contributed by atoms with Crippen molar-refractivity contribution in [2.45, 2.75) is 0 Å². The fraction of sp³-hybridized carbons (Fsp3) is 0.292. The second-order valence-electron chi connectivity index (χ2n) is 8.26. The van der Waals surface area contributed by atoms with Gasteiger partial charge in [0.2, 0.25) is 5.95 Å². The van der Waals surface area contributed by atoms with Gasteiger partial charge in [0.15, 0.2) is 5.82 Å². The molecule has 1 amide bonds. The molecule has 1 saturated heterocycles. The first-order chi connectivity index (χ1) is 16.0. The van der Waals surface area contributed by atoms with Crippen LogP contribution in [0.15, 0.2) is 48.7 Å². The Balaban J connectivity index is 1.41. The Morgan fingerprint density at radius 2 is 1.82 bits per heavy atom. The summed E-state index contributed by atoms with van der Waals surface area (Å²) in [6.45, 7) is 3.98. The van der Waals surface area contributed by atoms with E-state index in [1.807, 2.05) is 42.3 Å². The van der Waals surface area contributed by atoms with Crippen LogP contribution in [0.1, 0.15) is 10.4 Å². The number of anilines is 6. The Morgan fingerprint density at radius 3 is 2.61 bits per heavy atom. The molecule has 0 atom stereocenters. The molecule has 3 heterocycles. The van der Waals surface area contributed by atoms with Gasteiger partial charge in [0.1, 0.15) is 11.4 Å². The lowest BCUT2D eigenvalue weighted by atomic mass is 10.1. The molecule has 0 aliphatic carbocycles. The number of likely N-dealkylation sites (N-methyl/N-ethyl adjacent to an activating group) is 1. The van der Waals surface area contributed by atoms with Crippen LogP contribution in [0.25, 0.3) is 0 Å². The summed E-state index contributed by atoms with van der Waals surface area (Å²) in [6, 6.07) is 13.5. The van der Waals surface area contributed by atoms with Crippen LogP contribution in [0.4, 0.5) is 34.5 Å². The quantitative estimate of drug-likeness (QED) is 0.633. The van der Waals surface area contributed by atoms with Crippen molar-refractivity contribution < 1.29 is 9.53 Å². The highest BCUT2D eigenvalue weighted by Gasteiger charge is 2.24. The Bertz CT molecular complexity index is 1190. The number of para-hydroxylation sites is 1. The second-order valence-corrected chi connectivity index (χ2v) is 8.26. The Labute approximate surface area is 193 Å². The molecule has 2 aromatic carbocycles. The van der Waals surface area contributed by atoms with Gasteiger partial charge in [-0.1, -0.05) is 12.1 Å². The van der Waals surface area contributed by atoms with Crippen LogP contribution in [0.2, 0.25) is 0 Å². The Hall–Kier alpha value is -3.85. The van der Waals surface area contributed by atoms with E-state index in [9.17, 15) is 4.79 Å². The average Bonchev–Trinajstić information content (AvgIpc) is 2.94. The zero-order valence-corrected chi connectivity index (χ0v) is 19.0. The van der Waals surface area contributed by atoms with Crippen LogP contribution in [-0.4, -0.2) is 68.2 Å². The number of aromatic nitrogens is 2. The highest BCUT2D eigenvalue weighted by Crippen LogP contribution is 2.36. The normalized spacial score (nSPS) is 15.9. The maximum atomic E-state index is 12.6. The fourth-order valence-electron chi connectivity index (χ4n) is 4.23. The van der Waals surface area contributed by atoms with E-state index in [2.05, 4.69) is 38.5 Å². The van der Waals surface area contributed by atoms with Gasteiger partial charge in [-0.2, -0.15) is 4.98 Å². The van der Waals surface area contributed by atoms with E-state index in [4.69, 9.17) is 9.72 Å². The molecular weight excluding hydrogens is 418 g/mol. The van der Waals surface area contributed by atoms with Gasteiger partial charge in [0.05, 0.1) is 30.2 Å². The number of carbonyl (C=O) groups is 1. The van der Waals surface area contributed by atoms with Crippen LogP contribution in [0.3, 0.4) is 0 Å². The molecule has 0 unspecified atom stereocenters. The van der Waals surface area contributed by atoms with Gasteiger partial charge in [-0.25, -0.2) is 4.98 Å². The highest BCUT2D eigenvalue weighted by molar-refractivity contribution is 6.11. The summed E-state index contributed by atoms with van der Waals surface area (Å²) in [6.07, 6.45) is 1.63. The fourth-order valence-corrected chi connectivity index (χ4v) is 4.23. The Kier molecular flexibility index (Phi) is 5.47. The number of hydrogen-bond donors (Lipinski definition) is 2. The topological polar surface area (TPSA) is 85.9 Å². The first-order valence-corrected chi connectivity index (χ1v) is 10.9. The van der Waals surface area contributed by atoms with Crippen LogP contribution in [0.5, 0.6) is 5.75 Å². The van der Waals surface area contributed by atoms with Crippen molar-refractivity contribution in [2.75, 3.05) is 67.8 Å². The molecule has 5 rings (SSSR count). The number of methoxy groups -OCH3 is 1. The lowest BCUT2D eigenvalue weighted by Gasteiger charge is -2.34. The highest BCUT2D eigenvalue weighted by atomic mass is 16.5. The molecule has 0 spiro atoms. The van der Waals surface area contributed by atoms with E-state index >= 15 is 0 Å². The number of nitrogens with zero attached hydrogens (tertiary/aromatic N) is 5. The number of rotatable bonds is 4. The summed E-state index contributed by atoms with van der Waals surface area (Å²) >= 11 is 0. The van der Waals surface area contributed by atoms with Crippen molar-refractivity contribution in [2.24, 2.45) is 0 Å². The van der Waals surface area contributed by atoms with E-state index in [0.717, 1.165) is 49.0 Å². The van der Waals surface area contributed by atoms with Crippen molar-refractivity contribution in [3.05, 3.63) is 54.2 Å². The molecule has 2 aliphatic rings. The average molecular weight is 446 g/mol. The molecule has 1 fully saturated rings. The van der Waals surface area contributed by atoms with Gasteiger partial charge in [0.25, 0.3) is 5.91 Å². The van der Waals surface area contributed by atoms with Crippen molar-refractivity contribution >= 4 is 40.4 Å². The number of hydrogen-bond acceptors (Lipinski definition) is 8. The van der Waals surface area contributed by atoms with Gasteiger partial charge in [-0.05, 0) is 31.3 Å². The standard InChI is InChI=1S/C24H27N7O2/c1-29-10-12-31(13-11-29)20-9-8-16(14-21(20)33-3)26-24-25-15-18-22(28-24)30(2)19-7-5-4-6-17(19)23(32)27-18/h4-9,14-15H,10-13H2,1-3H3,(H,27,32)(H,25,26,28). The van der Waals surface area contributed by atoms with Crippen LogP contribution >= 0.6 is 0 Å². The summed E-state index contributed by atoms with van der Waals surface area (Å²) in [5.41, 5.74) is 3.85. The minimum Gasteiger partial charge on any atom is -0.495 e. The lowest BCUT2D eigenvalue weighted by Crippen LogP contribution is -2.44. The maximum Gasteiger partial charge on any atom is 0.257 e. The first kappa shape index (κ1) is 21.0. The molecule has 0 radical (unpaired) electrons. The Morgan fingerprint density at radius 1 is 1.03 bits per heavy atom. The van der Waals surface area contributed by atoms with Crippen molar-refractivity contribution in [1.29, 1.82) is 0 Å². The number of nitrogens with one attached hydrogen (secondary N) is 2. The molecule has 0 saturated carbocycles. The SMILES string of the molecule is COc1cc(Nc2ncc3c(n2)N(C)c2ccccc2C(=O)N3)ccc1N1CCN(C)CC1. The van der Waals surface area contributed by atoms with E-state index < -0.39 is 0 Å². The number of benzene rings is 2. The van der Waals surface area contributed by atoms with Crippen LogP contribution < -0.4 is 25.2 Å². The van der Waals surface area contributed by atoms with E-state index in [1.165, 1.54) is 0 Å². The van der Waals surface area contributed by atoms with Crippen molar-refractivity contribution in [3.8, 4) is 5.75 Å². The van der Waals surface area contributed by atoms with Gasteiger partial charge in [-0.15, -0.1) is 0 Å². The summed E-state index contributed by atoms with van der Waals surface area (Å²) in [5, 5.41) is 6.18. The minimum atomic E-state index is -0.176. The van der Waals surface area contributed by atoms with Gasteiger partial charge >= 0.3 is 0 Å². The molecule has 9 nitrogen and oxygen atoms in total. The first-order valence-electron chi connectivity index (χ1n) is 10.9. The van der Waals surface area contributed by atoms with Crippen LogP contribution in [-0.2, 0) is 0 Å². The number of carbonyl (C=O) groups excluding carboxylic acids is 1. The van der Waals surface area contributed by atoms with Crippen LogP contribution in [0, 0.1) is 0 Å². The minimum absolute atomic E-state index is 0.176. The molecular formula is C24H27N7O2. The summed E-state index contributed by atoms with van der Waals surface area (Å²) in [5.74, 6) is 1.68. The van der Waals surface area contributed by atoms with E-state index in [1.54, 1.807) is 19.4 Å². The van der Waals surface area contributed by atoms with Gasteiger partial charge in [0, 0.05) is 45.0 Å². The zero-order valence-electron chi connectivity index (χ0n) is 19.0. The number of amides is 1. The summed E-state index contributed by atoms with van der Waals surface area (Å²) in [4.78, 5) is 28.3. The monoisotopic (exact) mass is 445 g/mol. The molecule has 3 aromatic rings. The van der Waals surface area contributed by atoms with Crippen molar-refractivity contribution in [3.63, 3.8) is 0 Å². The van der Waals surface area contributed by atoms with Gasteiger partial charge < -0.3 is 30.1 Å². The molecule has 2 aliphatic heterocycles. The van der Waals surface area contributed by atoms with E-state index in [-0.39, 0.29) is 5.91 Å². The zero-order chi connectivity index (χ0) is 22.9. The summed E-state index contributed by atoms with van der Waals surface area (Å²) in [7, 11) is 5.72. The third-order valence-corrected chi connectivity index (χ3v) is 6.12. The maximum absolute atomic E-state index is 12.6. The third kappa shape index (κ3) is 4.03. The molecule has 1 aromatic heterocycles. The summed E-state index contributed by atoms with van der Waals surface area (Å²) < 4.78 is 5.69.